The van der Waals surface area contributed by atoms with Gasteiger partial charge >= 0.3 is 5.97 Å². The number of ether oxygens (including phenoxy) is 3. The lowest BCUT2D eigenvalue weighted by atomic mass is 10.1. The lowest BCUT2D eigenvalue weighted by Crippen LogP contribution is -2.08. The van der Waals surface area contributed by atoms with Gasteiger partial charge in [-0.2, -0.15) is 0 Å². The molecule has 2 aromatic heterocycles. The van der Waals surface area contributed by atoms with Crippen LogP contribution in [0.15, 0.2) is 48.5 Å². The van der Waals surface area contributed by atoms with Crippen LogP contribution in [0.2, 0.25) is 0 Å². The second-order valence-corrected chi connectivity index (χ2v) is 6.24. The second kappa shape index (κ2) is 7.23. The average Bonchev–Trinajstić information content (AvgIpc) is 3.11. The van der Waals surface area contributed by atoms with Gasteiger partial charge in [0.1, 0.15) is 5.69 Å². The van der Waals surface area contributed by atoms with Crippen molar-refractivity contribution in [3.8, 4) is 22.8 Å². The molecule has 0 amide bonds. The minimum atomic E-state index is -0.448. The molecule has 0 aliphatic rings. The zero-order chi connectivity index (χ0) is 19.7. The SMILES string of the molecule is CCOC(=O)c1cc2c([nH]c3ccccc32)c(-c2ccc(OC)c(OC)c2)n1. The minimum absolute atomic E-state index is 0.267. The molecule has 28 heavy (non-hydrogen) atoms. The van der Waals surface area contributed by atoms with Gasteiger partial charge in [0.15, 0.2) is 11.5 Å². The molecule has 0 unspecified atom stereocenters. The fraction of sp³-hybridized carbons (Fsp3) is 0.182. The number of para-hydroxylation sites is 1. The summed E-state index contributed by atoms with van der Waals surface area (Å²) in [4.78, 5) is 20.5. The van der Waals surface area contributed by atoms with Gasteiger partial charge in [0.05, 0.1) is 32.0 Å². The van der Waals surface area contributed by atoms with Crippen molar-refractivity contribution in [1.29, 1.82) is 0 Å². The third-order valence-electron chi connectivity index (χ3n) is 4.64. The summed E-state index contributed by atoms with van der Waals surface area (Å²) < 4.78 is 15.9. The predicted octanol–water partition coefficient (Wildman–Crippen LogP) is 4.58. The van der Waals surface area contributed by atoms with E-state index in [-0.39, 0.29) is 12.3 Å². The van der Waals surface area contributed by atoms with Gasteiger partial charge in [-0.05, 0) is 37.3 Å². The van der Waals surface area contributed by atoms with Gasteiger partial charge in [-0.1, -0.05) is 18.2 Å². The first-order valence-electron chi connectivity index (χ1n) is 8.97. The van der Waals surface area contributed by atoms with Gasteiger partial charge in [-0.25, -0.2) is 9.78 Å². The van der Waals surface area contributed by atoms with E-state index in [9.17, 15) is 4.79 Å². The standard InChI is InChI=1S/C22H20N2O4/c1-4-28-22(25)17-12-15-14-7-5-6-8-16(14)23-21(15)20(24-17)13-9-10-18(26-2)19(11-13)27-3/h5-12,23H,4H2,1-3H3. The van der Waals surface area contributed by atoms with Crippen LogP contribution >= 0.6 is 0 Å². The van der Waals surface area contributed by atoms with Crippen LogP contribution in [-0.2, 0) is 4.74 Å². The number of rotatable bonds is 5. The number of carbonyl (C=O) groups excluding carboxylic acids is 1. The van der Waals surface area contributed by atoms with Crippen molar-refractivity contribution in [1.82, 2.24) is 9.97 Å². The summed E-state index contributed by atoms with van der Waals surface area (Å²) in [5.41, 5.74) is 3.55. The highest BCUT2D eigenvalue weighted by Gasteiger charge is 2.18. The van der Waals surface area contributed by atoms with Crippen LogP contribution in [0.25, 0.3) is 33.1 Å². The Morgan fingerprint density at radius 2 is 1.79 bits per heavy atom. The molecule has 0 fully saturated rings. The number of methoxy groups -OCH3 is 2. The molecule has 0 saturated carbocycles. The lowest BCUT2D eigenvalue weighted by molar-refractivity contribution is 0.0520. The first-order chi connectivity index (χ1) is 13.7. The minimum Gasteiger partial charge on any atom is -0.493 e. The van der Waals surface area contributed by atoms with Crippen molar-refractivity contribution in [2.45, 2.75) is 6.92 Å². The topological polar surface area (TPSA) is 73.4 Å². The second-order valence-electron chi connectivity index (χ2n) is 6.24. The van der Waals surface area contributed by atoms with Crippen molar-refractivity contribution in [2.75, 3.05) is 20.8 Å². The first kappa shape index (κ1) is 17.9. The highest BCUT2D eigenvalue weighted by Crippen LogP contribution is 2.36. The van der Waals surface area contributed by atoms with E-state index in [2.05, 4.69) is 9.97 Å². The van der Waals surface area contributed by atoms with E-state index < -0.39 is 5.97 Å². The molecule has 6 nitrogen and oxygen atoms in total. The zero-order valence-electron chi connectivity index (χ0n) is 15.9. The maximum atomic E-state index is 12.4. The maximum absolute atomic E-state index is 12.4. The zero-order valence-corrected chi connectivity index (χ0v) is 15.9. The number of esters is 1. The Hall–Kier alpha value is -3.54. The number of hydrogen-bond donors (Lipinski definition) is 1. The Morgan fingerprint density at radius 1 is 1.00 bits per heavy atom. The van der Waals surface area contributed by atoms with Crippen molar-refractivity contribution < 1.29 is 19.0 Å². The molecule has 2 heterocycles. The van der Waals surface area contributed by atoms with E-state index in [1.807, 2.05) is 42.5 Å². The van der Waals surface area contributed by atoms with Crippen LogP contribution in [0.3, 0.4) is 0 Å². The van der Waals surface area contributed by atoms with Crippen LogP contribution in [0.1, 0.15) is 17.4 Å². The molecular formula is C22H20N2O4. The molecule has 0 saturated heterocycles. The first-order valence-corrected chi connectivity index (χ1v) is 8.97. The van der Waals surface area contributed by atoms with E-state index in [4.69, 9.17) is 14.2 Å². The highest BCUT2D eigenvalue weighted by molar-refractivity contribution is 6.12. The van der Waals surface area contributed by atoms with E-state index in [1.165, 1.54) is 0 Å². The van der Waals surface area contributed by atoms with Gasteiger partial charge in [0, 0.05) is 21.9 Å². The van der Waals surface area contributed by atoms with Crippen LogP contribution in [0.5, 0.6) is 11.5 Å². The number of nitrogens with zero attached hydrogens (tertiary/aromatic N) is 1. The summed E-state index contributed by atoms with van der Waals surface area (Å²) in [6.07, 6.45) is 0. The Balaban J connectivity index is 2.02. The molecule has 4 aromatic rings. The number of aromatic nitrogens is 2. The number of carbonyl (C=O) groups is 1. The molecular weight excluding hydrogens is 356 g/mol. The van der Waals surface area contributed by atoms with Gasteiger partial charge in [0.25, 0.3) is 0 Å². The van der Waals surface area contributed by atoms with E-state index >= 15 is 0 Å². The number of H-pyrrole nitrogens is 1. The van der Waals surface area contributed by atoms with Crippen molar-refractivity contribution in [3.63, 3.8) is 0 Å². The van der Waals surface area contributed by atoms with Crippen LogP contribution in [0.4, 0.5) is 0 Å². The van der Waals surface area contributed by atoms with Crippen LogP contribution < -0.4 is 9.47 Å². The van der Waals surface area contributed by atoms with E-state index in [0.29, 0.717) is 17.2 Å². The number of nitrogens with one attached hydrogen (secondary N) is 1. The number of fused-ring (bicyclic) bond motifs is 3. The largest absolute Gasteiger partial charge is 0.493 e. The predicted molar refractivity (Wildman–Crippen MR) is 108 cm³/mol. The Morgan fingerprint density at radius 3 is 2.54 bits per heavy atom. The molecule has 1 N–H and O–H groups in total. The average molecular weight is 376 g/mol. The van der Waals surface area contributed by atoms with E-state index in [1.54, 1.807) is 27.2 Å². The Kier molecular flexibility index (Phi) is 4.61. The lowest BCUT2D eigenvalue weighted by Gasteiger charge is -2.11. The molecule has 142 valence electrons. The van der Waals surface area contributed by atoms with Crippen molar-refractivity contribution in [3.05, 3.63) is 54.2 Å². The number of hydrogen-bond acceptors (Lipinski definition) is 5. The van der Waals surface area contributed by atoms with Gasteiger partial charge in [-0.15, -0.1) is 0 Å². The Bertz CT molecular complexity index is 1180. The maximum Gasteiger partial charge on any atom is 0.356 e. The summed E-state index contributed by atoms with van der Waals surface area (Å²) in [6.45, 7) is 2.06. The van der Waals surface area contributed by atoms with Crippen LogP contribution in [0, 0.1) is 0 Å². The summed E-state index contributed by atoms with van der Waals surface area (Å²) in [7, 11) is 3.18. The fourth-order valence-electron chi connectivity index (χ4n) is 3.35. The van der Waals surface area contributed by atoms with Gasteiger partial charge in [-0.3, -0.25) is 0 Å². The molecule has 2 aromatic carbocycles. The molecule has 6 heteroatoms. The summed E-state index contributed by atoms with van der Waals surface area (Å²) in [5.74, 6) is 0.768. The monoisotopic (exact) mass is 376 g/mol. The number of aromatic amines is 1. The van der Waals surface area contributed by atoms with Crippen molar-refractivity contribution >= 4 is 27.8 Å². The van der Waals surface area contributed by atoms with Crippen molar-refractivity contribution in [2.24, 2.45) is 0 Å². The summed E-state index contributed by atoms with van der Waals surface area (Å²) in [6, 6.07) is 15.3. The third kappa shape index (κ3) is 2.93. The number of pyridine rings is 1. The van der Waals surface area contributed by atoms with Gasteiger partial charge < -0.3 is 19.2 Å². The van der Waals surface area contributed by atoms with E-state index in [0.717, 1.165) is 27.4 Å². The Labute approximate surface area is 162 Å². The molecule has 0 aliphatic carbocycles. The van der Waals surface area contributed by atoms with Gasteiger partial charge in [0.2, 0.25) is 0 Å². The third-order valence-corrected chi connectivity index (χ3v) is 4.64. The normalized spacial score (nSPS) is 11.0. The smallest absolute Gasteiger partial charge is 0.356 e. The molecule has 0 radical (unpaired) electrons. The summed E-state index contributed by atoms with van der Waals surface area (Å²) in [5, 5.41) is 1.94. The molecule has 0 bridgehead atoms. The highest BCUT2D eigenvalue weighted by atomic mass is 16.5. The quantitative estimate of drug-likeness (QED) is 0.516. The molecule has 4 rings (SSSR count). The summed E-state index contributed by atoms with van der Waals surface area (Å²) >= 11 is 0. The molecule has 0 atom stereocenters. The fourth-order valence-corrected chi connectivity index (χ4v) is 3.35. The molecule has 0 spiro atoms. The molecule has 0 aliphatic heterocycles. The van der Waals surface area contributed by atoms with Crippen LogP contribution in [-0.4, -0.2) is 36.8 Å². The number of benzene rings is 2.